The normalized spacial score (nSPS) is 17.6. The molecule has 0 unspecified atom stereocenters. The van der Waals surface area contributed by atoms with Gasteiger partial charge in [0.05, 0.1) is 51.4 Å². The topological polar surface area (TPSA) is 827 Å². The minimum atomic E-state index is -1.99. The van der Waals surface area contributed by atoms with Crippen molar-refractivity contribution in [2.75, 3.05) is 68.8 Å². The van der Waals surface area contributed by atoms with Crippen LogP contribution in [0.1, 0.15) is 118 Å². The largest absolute Gasteiger partial charge is 0.481 e. The van der Waals surface area contributed by atoms with Gasteiger partial charge in [-0.1, -0.05) is 13.8 Å². The Morgan fingerprint density at radius 3 is 1.28 bits per heavy atom. The Hall–Kier alpha value is -12.1. The number of hydrogen-bond donors (Lipinski definition) is 29. The molecule has 0 aromatic rings. The van der Waals surface area contributed by atoms with Crippen molar-refractivity contribution in [1.29, 1.82) is 5.41 Å². The Bertz CT molecular complexity index is 4100. The van der Waals surface area contributed by atoms with E-state index < -0.39 is 314 Å². The highest BCUT2D eigenvalue weighted by Gasteiger charge is 2.44. The van der Waals surface area contributed by atoms with E-state index in [-0.39, 0.29) is 94.8 Å². The van der Waals surface area contributed by atoms with Crippen LogP contribution in [0.2, 0.25) is 0 Å². The molecule has 3 aliphatic heterocycles. The van der Waals surface area contributed by atoms with Crippen LogP contribution in [0.25, 0.3) is 0 Å². The smallest absolute Gasteiger partial charge is 0.327 e. The van der Waals surface area contributed by atoms with Gasteiger partial charge in [-0.05, 0) is 77.6 Å². The maximum atomic E-state index is 14.1. The maximum absolute atomic E-state index is 14.1. The van der Waals surface area contributed by atoms with Crippen LogP contribution in [0, 0.1) is 11.3 Å². The Morgan fingerprint density at radius 1 is 0.378 bits per heavy atom. The van der Waals surface area contributed by atoms with E-state index in [0.717, 1.165) is 14.7 Å². The Morgan fingerprint density at radius 2 is 0.787 bits per heavy atom. The summed E-state index contributed by atoms with van der Waals surface area (Å²) in [5.74, 6) is -28.6. The molecule has 3 heterocycles. The fourth-order valence-corrected chi connectivity index (χ4v) is 13.9. The first-order chi connectivity index (χ1) is 59.6. The van der Waals surface area contributed by atoms with E-state index in [1.54, 1.807) is 0 Å². The fourth-order valence-electron chi connectivity index (χ4n) is 12.9. The molecule has 127 heavy (non-hydrogen) atoms. The van der Waals surface area contributed by atoms with E-state index in [2.05, 4.69) is 136 Å². The monoisotopic (exact) mass is 1880 g/mol. The van der Waals surface area contributed by atoms with Crippen LogP contribution in [0.4, 0.5) is 0 Å². The zero-order valence-electron chi connectivity index (χ0n) is 69.6. The summed E-state index contributed by atoms with van der Waals surface area (Å²) in [4.78, 5) is 318. The van der Waals surface area contributed by atoms with Gasteiger partial charge in [0.2, 0.25) is 124 Å². The summed E-state index contributed by atoms with van der Waals surface area (Å²) in [6.45, 7) is 2.89. The van der Waals surface area contributed by atoms with Crippen molar-refractivity contribution in [1.82, 2.24) is 99.8 Å². The highest BCUT2D eigenvalue weighted by atomic mass is 32.1. The Labute approximate surface area is 748 Å². The molecule has 3 saturated heterocycles. The van der Waals surface area contributed by atoms with Gasteiger partial charge >= 0.3 is 17.9 Å². The van der Waals surface area contributed by atoms with Crippen molar-refractivity contribution < 1.29 is 130 Å². The lowest BCUT2D eigenvalue weighted by atomic mass is 10.0. The second-order valence-corrected chi connectivity index (χ2v) is 31.3. The van der Waals surface area contributed by atoms with Crippen molar-refractivity contribution >= 4 is 198 Å². The second kappa shape index (κ2) is 54.1. The van der Waals surface area contributed by atoms with Gasteiger partial charge in [0.25, 0.3) is 0 Å². The molecule has 0 bridgehead atoms. The number of nitrogens with one attached hydrogen (secondary N) is 17. The number of thiol groups is 4. The number of carbonyl (C=O) groups is 24. The molecule has 3 fully saturated rings. The lowest BCUT2D eigenvalue weighted by Gasteiger charge is -2.30. The Balaban J connectivity index is 1.64. The SMILES string of the molecule is CC(C)[C@H](NC(=O)CNC(=O)[C@H](CCCNC(=N)N)NC(=O)[C@H](CC(N)=O)NC(=O)[C@H](CC(N)=O)NC(=O)[C@H](CS)NC(=O)[C@@H]1CCCN1C(=O)[C@H](C)NC(=O)[C@H](CC(=O)O)NC(=O)[C@@H]1CCCN1C(=O)CNC(=O)CNC(=O)[C@@H]1CCCN1C(=O)[C@H](CS)NC(=O)[C@H](C)NC(=O)[C@H](CCC(N)=O)NC(=O)[C@H](CS)NC(=O)[C@@H](N)CC(=O)O)C(=O)N[C@@H](CS)C(=O)O. The first kappa shape index (κ1) is 109. The lowest BCUT2D eigenvalue weighted by Crippen LogP contribution is -2.61. The van der Waals surface area contributed by atoms with Crippen molar-refractivity contribution in [3.05, 3.63) is 0 Å². The number of primary amides is 3. The van der Waals surface area contributed by atoms with Crippen LogP contribution in [-0.2, 0) is 115 Å². The number of aliphatic carboxylic acids is 3. The molecular formula is C71H113N25O27S4. The van der Waals surface area contributed by atoms with E-state index in [1.807, 2.05) is 0 Å². The predicted octanol–water partition coefficient (Wildman–Crippen LogP) is -13.8. The molecule has 0 aromatic carbocycles. The van der Waals surface area contributed by atoms with Crippen molar-refractivity contribution in [3.8, 4) is 0 Å². The maximum Gasteiger partial charge on any atom is 0.327 e. The number of rotatable bonds is 54. The quantitative estimate of drug-likeness (QED) is 0.0116. The number of carboxylic acid groups (broad SMARTS) is 3. The standard InChI is InChI=1S/C71H113N25O27S4/c1-30(2)54(67(119)92-42(29-127)70(122)123)93-50(101)24-80-57(109)34(9-5-15-78-71(76)77)84-60(112)36(20-47(74)98)86-61(113)37(21-48(75)99)87-63(115)40(27-125)90-66(118)45-12-8-17-95(45)68(120)32(4)83-59(111)38(22-53(105)106)88-65(117)44-11-6-16-94(44)51(102)25-79-49(100)23-81-64(116)43-10-7-18-96(43)69(121)41(28-126)91-55(107)31(3)82-58(110)35(13-14-46(73)97)85-62(114)39(26-124)89-56(108)33(72)19-52(103)104/h30-45,54,124-127H,5-29,72H2,1-4H3,(H2,73,97)(H2,74,98)(H2,75,99)(H,79,100)(H,80,109)(H,81,116)(H,82,110)(H,83,111)(H,84,112)(H,85,114)(H,86,113)(H,87,115)(H,88,117)(H,89,108)(H,90,118)(H,91,107)(H,92,119)(H,93,101)(H,103,104)(H,105,106)(H,122,123)(H4,76,77,78)/t31-,32-,33-,34-,35-,36-,37-,38-,39-,40-,41-,42-,43-,44-,45-,54-/m0/s1. The number of hydrogen-bond acceptors (Lipinski definition) is 30. The third kappa shape index (κ3) is 36.8. The minimum absolute atomic E-state index is 0.00241. The molecule has 708 valence electrons. The summed E-state index contributed by atoms with van der Waals surface area (Å²) in [7, 11) is 0. The highest BCUT2D eigenvalue weighted by Crippen LogP contribution is 2.23. The van der Waals surface area contributed by atoms with Gasteiger partial charge in [-0.2, -0.15) is 50.5 Å². The molecular weight excluding hydrogens is 1760 g/mol. The third-order valence-corrected chi connectivity index (χ3v) is 21.0. The lowest BCUT2D eigenvalue weighted by molar-refractivity contribution is -0.144. The zero-order valence-corrected chi connectivity index (χ0v) is 73.2. The molecule has 16 atom stereocenters. The average Bonchev–Trinajstić information content (AvgIpc) is 1.72. The van der Waals surface area contributed by atoms with E-state index >= 15 is 0 Å². The van der Waals surface area contributed by atoms with Crippen LogP contribution >= 0.6 is 50.5 Å². The van der Waals surface area contributed by atoms with E-state index in [4.69, 9.17) is 39.2 Å². The summed E-state index contributed by atoms with van der Waals surface area (Å²) in [5, 5.41) is 72.7. The number of carbonyl (C=O) groups excluding carboxylic acids is 21. The van der Waals surface area contributed by atoms with E-state index in [0.29, 0.717) is 0 Å². The summed E-state index contributed by atoms with van der Waals surface area (Å²) >= 11 is 16.3. The molecule has 0 saturated carbocycles. The van der Waals surface area contributed by atoms with Crippen LogP contribution in [0.5, 0.6) is 0 Å². The highest BCUT2D eigenvalue weighted by molar-refractivity contribution is 7.80. The predicted molar refractivity (Wildman–Crippen MR) is 453 cm³/mol. The number of nitrogens with two attached hydrogens (primary N) is 5. The summed E-state index contributed by atoms with van der Waals surface area (Å²) in [5.41, 5.74) is 27.1. The molecule has 0 aromatic heterocycles. The minimum Gasteiger partial charge on any atom is -0.481 e. The van der Waals surface area contributed by atoms with Crippen molar-refractivity contribution in [3.63, 3.8) is 0 Å². The first-order valence-corrected chi connectivity index (χ1v) is 42.3. The van der Waals surface area contributed by atoms with Crippen LogP contribution in [0.3, 0.4) is 0 Å². The van der Waals surface area contributed by atoms with E-state index in [1.165, 1.54) is 27.7 Å². The fraction of sp³-hybridized carbons (Fsp3) is 0.648. The first-order valence-electron chi connectivity index (χ1n) is 39.7. The number of amides is 21. The van der Waals surface area contributed by atoms with Crippen molar-refractivity contribution in [2.24, 2.45) is 34.6 Å². The van der Waals surface area contributed by atoms with Gasteiger partial charge in [0.1, 0.15) is 90.6 Å². The van der Waals surface area contributed by atoms with Gasteiger partial charge in [-0.3, -0.25) is 116 Å². The summed E-state index contributed by atoms with van der Waals surface area (Å²) in [6, 6.07) is -24.8. The molecule has 3 aliphatic rings. The Kier molecular flexibility index (Phi) is 46.4. The number of carboxylic acids is 3. The van der Waals surface area contributed by atoms with E-state index in [9.17, 15) is 125 Å². The molecule has 0 spiro atoms. The number of nitrogens with zero attached hydrogens (tertiary/aromatic N) is 3. The second-order valence-electron chi connectivity index (χ2n) is 29.8. The molecule has 3 rings (SSSR count). The van der Waals surface area contributed by atoms with Gasteiger partial charge in [0, 0.05) is 55.6 Å². The van der Waals surface area contributed by atoms with Crippen LogP contribution in [-0.4, -0.2) is 343 Å². The van der Waals surface area contributed by atoms with Gasteiger partial charge in [-0.25, -0.2) is 4.79 Å². The molecule has 30 N–H and O–H groups in total. The average molecular weight is 1880 g/mol. The molecule has 21 amide bonds. The molecule has 56 heteroatoms. The molecule has 0 radical (unpaired) electrons. The number of likely N-dealkylation sites (tertiary alicyclic amines) is 3. The summed E-state index contributed by atoms with van der Waals surface area (Å²) < 4.78 is 0. The number of guanidine groups is 1. The van der Waals surface area contributed by atoms with Gasteiger partial charge in [0.15, 0.2) is 5.96 Å². The molecule has 0 aliphatic carbocycles. The van der Waals surface area contributed by atoms with Gasteiger partial charge in [-0.15, -0.1) is 0 Å². The third-order valence-electron chi connectivity index (χ3n) is 19.6. The summed E-state index contributed by atoms with van der Waals surface area (Å²) in [6.07, 6.45) is -4.28. The van der Waals surface area contributed by atoms with Gasteiger partial charge < -0.3 is 144 Å². The van der Waals surface area contributed by atoms with Crippen LogP contribution in [0.15, 0.2) is 0 Å². The zero-order chi connectivity index (χ0) is 96.0. The van der Waals surface area contributed by atoms with Crippen LogP contribution < -0.4 is 114 Å². The van der Waals surface area contributed by atoms with Crippen molar-refractivity contribution in [2.45, 2.75) is 214 Å². The molecule has 52 nitrogen and oxygen atoms in total.